The first kappa shape index (κ1) is 35.1. The molecule has 0 radical (unpaired) electrons. The summed E-state index contributed by atoms with van der Waals surface area (Å²) in [7, 11) is -0.943. The summed E-state index contributed by atoms with van der Waals surface area (Å²) in [6, 6.07) is 18.5. The van der Waals surface area contributed by atoms with Crippen LogP contribution in [0.25, 0.3) is 0 Å². The van der Waals surface area contributed by atoms with Gasteiger partial charge >= 0.3 is 14.0 Å². The number of aryl methyl sites for hydroxylation is 1. The Morgan fingerprint density at radius 3 is 2.16 bits per heavy atom. The molecule has 10 heteroatoms. The molecule has 0 aromatic heterocycles. The Labute approximate surface area is 271 Å². The Bertz CT molecular complexity index is 1180. The van der Waals surface area contributed by atoms with Crippen molar-refractivity contribution in [3.05, 3.63) is 71.8 Å². The van der Waals surface area contributed by atoms with Crippen molar-refractivity contribution in [2.24, 2.45) is 17.8 Å². The highest BCUT2D eigenvalue weighted by molar-refractivity contribution is 14.1. The molecule has 2 amide bonds. The molecule has 1 aliphatic rings. The zero-order chi connectivity index (χ0) is 31.2. The summed E-state index contributed by atoms with van der Waals surface area (Å²) in [6.07, 6.45) is 6.40. The SMILES string of the molecule is COC(=O)C(C[P+](=O)OC(CC1CCCCC1)N(I)C(=O)C(Cc1ccccc1)NC(=O)CCc1ccccc1)C(C)C. The Morgan fingerprint density at radius 1 is 0.977 bits per heavy atom. The highest BCUT2D eigenvalue weighted by atomic mass is 127. The molecule has 4 unspecified atom stereocenters. The lowest BCUT2D eigenvalue weighted by atomic mass is 9.86. The van der Waals surface area contributed by atoms with Crippen molar-refractivity contribution in [3.63, 3.8) is 0 Å². The quantitative estimate of drug-likeness (QED) is 0.0657. The molecule has 0 saturated heterocycles. The van der Waals surface area contributed by atoms with Crippen molar-refractivity contribution in [3.8, 4) is 0 Å². The van der Waals surface area contributed by atoms with Crippen LogP contribution in [0.1, 0.15) is 69.9 Å². The monoisotopic (exact) mass is 723 g/mol. The summed E-state index contributed by atoms with van der Waals surface area (Å²) in [6.45, 7) is 3.76. The van der Waals surface area contributed by atoms with Gasteiger partial charge in [-0.2, -0.15) is 0 Å². The van der Waals surface area contributed by atoms with Gasteiger partial charge in [-0.05, 0) is 33.9 Å². The molecule has 1 N–H and O–H groups in total. The Balaban J connectivity index is 1.78. The number of hydrogen-bond acceptors (Lipinski definition) is 6. The molecule has 4 atom stereocenters. The molecule has 2 aromatic rings. The van der Waals surface area contributed by atoms with Gasteiger partial charge in [-0.25, -0.2) is 0 Å². The first-order valence-electron chi connectivity index (χ1n) is 15.2. The maximum absolute atomic E-state index is 14.1. The fourth-order valence-electron chi connectivity index (χ4n) is 5.44. The van der Waals surface area contributed by atoms with Crippen molar-refractivity contribution in [2.45, 2.75) is 83.9 Å². The standard InChI is InChI=1S/C33H44IN2O6P/c1-24(2)28(33(39)41-3)23-43(40)42-31(22-27-17-11-6-12-18-27)36(34)32(38)29(21-26-15-9-5-10-16-26)35-30(37)20-19-25-13-7-4-8-14-25/h4-5,7-10,13-16,24,27-29,31H,6,11-12,17-23H2,1-3H3/p+1. The fraction of sp³-hybridized carbons (Fsp3) is 0.545. The van der Waals surface area contributed by atoms with Gasteiger partial charge in [0.1, 0.15) is 12.0 Å². The molecular weight excluding hydrogens is 678 g/mol. The lowest BCUT2D eigenvalue weighted by molar-refractivity contribution is -0.146. The number of carbonyl (C=O) groups is 3. The molecule has 3 rings (SSSR count). The number of halogens is 1. The van der Waals surface area contributed by atoms with E-state index in [-0.39, 0.29) is 30.3 Å². The van der Waals surface area contributed by atoms with Crippen LogP contribution in [0.15, 0.2) is 60.7 Å². The maximum atomic E-state index is 14.1. The third kappa shape index (κ3) is 11.9. The van der Waals surface area contributed by atoms with Crippen molar-refractivity contribution in [1.82, 2.24) is 8.43 Å². The number of ether oxygens (including phenoxy) is 1. The second-order valence-electron chi connectivity index (χ2n) is 11.6. The van der Waals surface area contributed by atoms with E-state index >= 15 is 0 Å². The lowest BCUT2D eigenvalue weighted by Gasteiger charge is -2.30. The molecule has 1 aliphatic carbocycles. The van der Waals surface area contributed by atoms with E-state index in [1.165, 1.54) is 16.6 Å². The summed E-state index contributed by atoms with van der Waals surface area (Å²) in [5, 5.41) is 2.97. The van der Waals surface area contributed by atoms with E-state index in [9.17, 15) is 18.9 Å². The van der Waals surface area contributed by atoms with E-state index in [1.807, 2.05) is 97.4 Å². The molecule has 0 aliphatic heterocycles. The molecule has 234 valence electrons. The summed E-state index contributed by atoms with van der Waals surface area (Å²) in [4.78, 5) is 39.5. The summed E-state index contributed by atoms with van der Waals surface area (Å²) < 4.78 is 25.8. The van der Waals surface area contributed by atoms with Crippen molar-refractivity contribution in [1.29, 1.82) is 0 Å². The third-order valence-corrected chi connectivity index (χ3v) is 10.3. The second-order valence-corrected chi connectivity index (χ2v) is 13.9. The van der Waals surface area contributed by atoms with E-state index in [0.717, 1.165) is 36.8 Å². The zero-order valence-electron chi connectivity index (χ0n) is 25.5. The van der Waals surface area contributed by atoms with Crippen LogP contribution in [-0.2, 0) is 41.1 Å². The van der Waals surface area contributed by atoms with Gasteiger partial charge in [-0.15, -0.1) is 4.52 Å². The first-order chi connectivity index (χ1) is 20.7. The minimum absolute atomic E-state index is 0.0170. The van der Waals surface area contributed by atoms with Gasteiger partial charge in [0.2, 0.25) is 5.91 Å². The summed E-state index contributed by atoms with van der Waals surface area (Å²) >= 11 is 1.95. The van der Waals surface area contributed by atoms with E-state index in [2.05, 4.69) is 5.32 Å². The average Bonchev–Trinajstić information content (AvgIpc) is 3.02. The molecule has 0 spiro atoms. The minimum atomic E-state index is -2.27. The van der Waals surface area contributed by atoms with E-state index in [1.54, 1.807) is 0 Å². The second kappa shape index (κ2) is 18.4. The third-order valence-electron chi connectivity index (χ3n) is 8.02. The molecule has 1 fully saturated rings. The number of amides is 2. The Kier molecular flexibility index (Phi) is 15.1. The number of nitrogens with zero attached hydrogens (tertiary/aromatic N) is 1. The van der Waals surface area contributed by atoms with Gasteiger partial charge < -0.3 is 10.1 Å². The molecule has 43 heavy (non-hydrogen) atoms. The van der Waals surface area contributed by atoms with Crippen LogP contribution in [-0.4, -0.2) is 46.4 Å². The van der Waals surface area contributed by atoms with Crippen LogP contribution in [0.2, 0.25) is 0 Å². The Hall–Kier alpha value is -2.36. The number of benzene rings is 2. The number of nitrogens with one attached hydrogen (secondary N) is 1. The van der Waals surface area contributed by atoms with Gasteiger partial charge in [0.15, 0.2) is 12.4 Å². The molecular formula is C33H45IN2O6P+. The van der Waals surface area contributed by atoms with E-state index in [4.69, 9.17) is 9.26 Å². The number of esters is 1. The lowest BCUT2D eigenvalue weighted by Crippen LogP contribution is -2.50. The normalized spacial score (nSPS) is 16.2. The van der Waals surface area contributed by atoms with Crippen LogP contribution in [0.3, 0.4) is 0 Å². The number of rotatable bonds is 16. The van der Waals surface area contributed by atoms with E-state index < -0.39 is 32.2 Å². The minimum Gasteiger partial charge on any atom is -0.469 e. The van der Waals surface area contributed by atoms with Crippen LogP contribution < -0.4 is 5.32 Å². The highest BCUT2D eigenvalue weighted by Crippen LogP contribution is 2.37. The predicted octanol–water partition coefficient (Wildman–Crippen LogP) is 7.03. The van der Waals surface area contributed by atoms with Crippen LogP contribution >= 0.6 is 30.9 Å². The van der Waals surface area contributed by atoms with Crippen LogP contribution in [0.4, 0.5) is 0 Å². The first-order valence-corrected chi connectivity index (χ1v) is 17.6. The van der Waals surface area contributed by atoms with Gasteiger partial charge in [0.25, 0.3) is 5.91 Å². The van der Waals surface area contributed by atoms with Crippen molar-refractivity contribution >= 4 is 48.7 Å². The molecule has 0 bridgehead atoms. The Morgan fingerprint density at radius 2 is 1.58 bits per heavy atom. The van der Waals surface area contributed by atoms with Crippen LogP contribution in [0, 0.1) is 17.8 Å². The zero-order valence-corrected chi connectivity index (χ0v) is 28.5. The van der Waals surface area contributed by atoms with Crippen molar-refractivity contribution < 1.29 is 28.2 Å². The van der Waals surface area contributed by atoms with Crippen molar-refractivity contribution in [2.75, 3.05) is 13.3 Å². The largest absolute Gasteiger partial charge is 0.511 e. The topological polar surface area (TPSA) is 102 Å². The summed E-state index contributed by atoms with van der Waals surface area (Å²) in [5.74, 6) is -1.26. The fourth-order valence-corrected chi connectivity index (χ4v) is 7.73. The van der Waals surface area contributed by atoms with Gasteiger partial charge in [-0.1, -0.05) is 107 Å². The number of carbonyl (C=O) groups excluding carboxylic acids is 3. The van der Waals surface area contributed by atoms with Gasteiger partial charge in [0, 0.05) is 19.3 Å². The smallest absolute Gasteiger partial charge is 0.469 e. The molecule has 2 aromatic carbocycles. The number of hydrogen-bond donors (Lipinski definition) is 1. The average molecular weight is 724 g/mol. The van der Waals surface area contributed by atoms with Crippen LogP contribution in [0.5, 0.6) is 0 Å². The van der Waals surface area contributed by atoms with Gasteiger partial charge in [0.05, 0.1) is 30.0 Å². The highest BCUT2D eigenvalue weighted by Gasteiger charge is 2.40. The molecule has 8 nitrogen and oxygen atoms in total. The number of methoxy groups -OCH3 is 1. The molecule has 1 saturated carbocycles. The van der Waals surface area contributed by atoms with E-state index in [0.29, 0.717) is 25.2 Å². The predicted molar refractivity (Wildman–Crippen MR) is 177 cm³/mol. The maximum Gasteiger partial charge on any atom is 0.511 e. The molecule has 0 heterocycles. The summed E-state index contributed by atoms with van der Waals surface area (Å²) in [5.41, 5.74) is 1.97. The van der Waals surface area contributed by atoms with Gasteiger partial charge in [-0.3, -0.25) is 17.5 Å².